The van der Waals surface area contributed by atoms with E-state index in [2.05, 4.69) is 15.5 Å². The van der Waals surface area contributed by atoms with E-state index >= 15 is 0 Å². The number of aromatic nitrogens is 2. The lowest BCUT2D eigenvalue weighted by molar-refractivity contribution is 0.0697. The average Bonchev–Trinajstić information content (AvgIpc) is 2.34. The summed E-state index contributed by atoms with van der Waals surface area (Å²) in [5, 5.41) is 18.1. The van der Waals surface area contributed by atoms with E-state index in [-0.39, 0.29) is 21.8 Å². The number of anilines is 2. The van der Waals surface area contributed by atoms with Crippen LogP contribution in [0, 0.1) is 10.5 Å². The molecule has 0 saturated heterocycles. The van der Waals surface area contributed by atoms with Gasteiger partial charge in [-0.3, -0.25) is 5.10 Å². The lowest BCUT2D eigenvalue weighted by Gasteiger charge is -2.07. The van der Waals surface area contributed by atoms with Gasteiger partial charge in [-0.05, 0) is 30.3 Å². The zero-order chi connectivity index (χ0) is 13.1. The molecule has 1 aromatic heterocycles. The highest BCUT2D eigenvalue weighted by molar-refractivity contribution is 7.71. The molecule has 0 unspecified atom stereocenters. The van der Waals surface area contributed by atoms with E-state index in [1.165, 1.54) is 30.3 Å². The summed E-state index contributed by atoms with van der Waals surface area (Å²) in [6, 6.07) is 6.76. The molecule has 0 fully saturated rings. The van der Waals surface area contributed by atoms with E-state index in [1.54, 1.807) is 0 Å². The highest BCUT2D eigenvalue weighted by Gasteiger charge is 2.11. The summed E-state index contributed by atoms with van der Waals surface area (Å²) in [4.78, 5) is 11.0. The monoisotopic (exact) mass is 265 g/mol. The molecule has 0 radical (unpaired) electrons. The minimum Gasteiger partial charge on any atom is -0.478 e. The summed E-state index contributed by atoms with van der Waals surface area (Å²) in [7, 11) is 0. The second-order valence-corrected chi connectivity index (χ2v) is 3.87. The third-order valence-corrected chi connectivity index (χ3v) is 2.35. The molecule has 0 atom stereocenters. The number of hydrogen-bond donors (Lipinski definition) is 3. The van der Waals surface area contributed by atoms with Crippen LogP contribution in [0.3, 0.4) is 0 Å². The van der Waals surface area contributed by atoms with Gasteiger partial charge in [0, 0.05) is 5.69 Å². The van der Waals surface area contributed by atoms with Gasteiger partial charge in [-0.15, -0.1) is 0 Å². The van der Waals surface area contributed by atoms with Crippen molar-refractivity contribution in [2.24, 2.45) is 0 Å². The molecule has 0 aliphatic heterocycles. The summed E-state index contributed by atoms with van der Waals surface area (Å²) in [5.74, 6) is -1.41. The first-order valence-electron chi connectivity index (χ1n) is 4.92. The molecule has 0 amide bonds. The smallest absolute Gasteiger partial charge is 0.339 e. The van der Waals surface area contributed by atoms with Crippen LogP contribution in [0.25, 0.3) is 0 Å². The fraction of sp³-hybridized carbons (Fsp3) is 0. The van der Waals surface area contributed by atoms with Crippen LogP contribution < -0.4 is 5.32 Å². The average molecular weight is 265 g/mol. The second-order valence-electron chi connectivity index (χ2n) is 3.43. The van der Waals surface area contributed by atoms with Crippen LogP contribution in [0.1, 0.15) is 10.4 Å². The van der Waals surface area contributed by atoms with Crippen molar-refractivity contribution in [2.75, 3.05) is 5.32 Å². The Balaban J connectivity index is 2.37. The Kier molecular flexibility index (Phi) is 3.33. The first-order valence-corrected chi connectivity index (χ1v) is 5.33. The van der Waals surface area contributed by atoms with Crippen LogP contribution in [0.5, 0.6) is 0 Å². The normalized spacial score (nSPS) is 10.1. The molecular weight excluding hydrogens is 257 g/mol. The van der Waals surface area contributed by atoms with Gasteiger partial charge < -0.3 is 10.4 Å². The molecule has 3 N–H and O–H groups in total. The van der Waals surface area contributed by atoms with Gasteiger partial charge in [-0.2, -0.15) is 5.10 Å². The van der Waals surface area contributed by atoms with Crippen molar-refractivity contribution in [3.05, 3.63) is 46.4 Å². The number of halogens is 1. The maximum atomic E-state index is 12.7. The zero-order valence-electron chi connectivity index (χ0n) is 8.98. The number of nitrogens with zero attached hydrogens (tertiary/aromatic N) is 1. The van der Waals surface area contributed by atoms with E-state index in [0.29, 0.717) is 5.69 Å². The molecule has 0 spiro atoms. The zero-order valence-corrected chi connectivity index (χ0v) is 9.79. The van der Waals surface area contributed by atoms with Gasteiger partial charge in [-0.25, -0.2) is 9.18 Å². The predicted octanol–water partition coefficient (Wildman–Crippen LogP) is 2.72. The number of benzene rings is 1. The molecule has 0 aliphatic carbocycles. The number of carbonyl (C=O) groups is 1. The number of carboxylic acid groups (broad SMARTS) is 1. The largest absolute Gasteiger partial charge is 0.478 e. The van der Waals surface area contributed by atoms with Crippen molar-refractivity contribution in [1.82, 2.24) is 10.2 Å². The van der Waals surface area contributed by atoms with Crippen LogP contribution in [0.2, 0.25) is 0 Å². The standard InChI is InChI=1S/C11H8FN3O2S/c12-6-1-3-7(4-2-6)13-10-8(11(16)17)5-9(18)14-15-10/h1-5H,(H,13,15)(H,14,18)(H,16,17). The minimum absolute atomic E-state index is 0.0527. The van der Waals surface area contributed by atoms with Crippen LogP contribution in [0.15, 0.2) is 30.3 Å². The molecule has 1 aromatic carbocycles. The molecule has 0 aliphatic rings. The Morgan fingerprint density at radius 1 is 1.39 bits per heavy atom. The quantitative estimate of drug-likeness (QED) is 0.744. The number of nitrogens with one attached hydrogen (secondary N) is 2. The van der Waals surface area contributed by atoms with Gasteiger partial charge in [0.25, 0.3) is 0 Å². The van der Waals surface area contributed by atoms with Gasteiger partial charge in [0.1, 0.15) is 16.0 Å². The van der Waals surface area contributed by atoms with Crippen molar-refractivity contribution in [3.8, 4) is 0 Å². The minimum atomic E-state index is -1.15. The number of aromatic amines is 1. The van der Waals surface area contributed by atoms with Crippen LogP contribution in [-0.2, 0) is 0 Å². The maximum absolute atomic E-state index is 12.7. The van der Waals surface area contributed by atoms with E-state index in [1.807, 2.05) is 0 Å². The Labute approximate surface area is 106 Å². The Morgan fingerprint density at radius 2 is 2.06 bits per heavy atom. The van der Waals surface area contributed by atoms with Crippen molar-refractivity contribution in [2.45, 2.75) is 0 Å². The summed E-state index contributed by atoms with van der Waals surface area (Å²) in [5.41, 5.74) is 0.472. The maximum Gasteiger partial charge on any atom is 0.339 e. The van der Waals surface area contributed by atoms with E-state index in [9.17, 15) is 9.18 Å². The number of hydrogen-bond acceptors (Lipinski definition) is 4. The molecule has 0 bridgehead atoms. The molecule has 2 aromatic rings. The van der Waals surface area contributed by atoms with Crippen molar-refractivity contribution in [3.63, 3.8) is 0 Å². The number of rotatable bonds is 3. The molecule has 7 heteroatoms. The van der Waals surface area contributed by atoms with Crippen LogP contribution in [0.4, 0.5) is 15.9 Å². The third kappa shape index (κ3) is 2.69. The molecule has 1 heterocycles. The Bertz CT molecular complexity index is 639. The molecule has 0 saturated carbocycles. The molecule has 92 valence electrons. The Morgan fingerprint density at radius 3 is 2.67 bits per heavy atom. The van der Waals surface area contributed by atoms with Gasteiger partial charge in [-0.1, -0.05) is 12.2 Å². The van der Waals surface area contributed by atoms with Gasteiger partial charge in [0.15, 0.2) is 5.82 Å². The van der Waals surface area contributed by atoms with Crippen molar-refractivity contribution >= 4 is 29.7 Å². The fourth-order valence-electron chi connectivity index (χ4n) is 1.33. The highest BCUT2D eigenvalue weighted by atomic mass is 32.1. The molecule has 2 rings (SSSR count). The number of carboxylic acids is 1. The molecular formula is C11H8FN3O2S. The van der Waals surface area contributed by atoms with Gasteiger partial charge in [0.05, 0.1) is 0 Å². The molecule has 18 heavy (non-hydrogen) atoms. The van der Waals surface area contributed by atoms with Crippen LogP contribution in [-0.4, -0.2) is 21.3 Å². The summed E-state index contributed by atoms with van der Waals surface area (Å²) >= 11 is 4.80. The van der Waals surface area contributed by atoms with Crippen LogP contribution >= 0.6 is 12.2 Å². The van der Waals surface area contributed by atoms with Gasteiger partial charge >= 0.3 is 5.97 Å². The van der Waals surface area contributed by atoms with Crippen molar-refractivity contribution < 1.29 is 14.3 Å². The number of H-pyrrole nitrogens is 1. The lowest BCUT2D eigenvalue weighted by Crippen LogP contribution is -2.06. The van der Waals surface area contributed by atoms with Crippen molar-refractivity contribution in [1.29, 1.82) is 0 Å². The number of aromatic carboxylic acids is 1. The third-order valence-electron chi connectivity index (χ3n) is 2.15. The summed E-state index contributed by atoms with van der Waals surface area (Å²) < 4.78 is 12.9. The predicted molar refractivity (Wildman–Crippen MR) is 66.1 cm³/mol. The summed E-state index contributed by atoms with van der Waals surface area (Å²) in [6.07, 6.45) is 0. The lowest BCUT2D eigenvalue weighted by atomic mass is 10.2. The molecule has 5 nitrogen and oxygen atoms in total. The Hall–Kier alpha value is -2.28. The van der Waals surface area contributed by atoms with E-state index in [4.69, 9.17) is 17.3 Å². The first-order chi connectivity index (χ1) is 8.56. The SMILES string of the molecule is O=C(O)c1cc(=S)[nH]nc1Nc1ccc(F)cc1. The fourth-order valence-corrected chi connectivity index (χ4v) is 1.49. The second kappa shape index (κ2) is 4.92. The topological polar surface area (TPSA) is 78.0 Å². The highest BCUT2D eigenvalue weighted by Crippen LogP contribution is 2.18. The summed E-state index contributed by atoms with van der Waals surface area (Å²) in [6.45, 7) is 0. The van der Waals surface area contributed by atoms with E-state index < -0.39 is 5.97 Å². The van der Waals surface area contributed by atoms with E-state index in [0.717, 1.165) is 0 Å². The van der Waals surface area contributed by atoms with Gasteiger partial charge in [0.2, 0.25) is 0 Å². The first kappa shape index (κ1) is 12.2.